The van der Waals surface area contributed by atoms with E-state index in [1.54, 1.807) is 6.92 Å². The monoisotopic (exact) mass is 285 g/mol. The first-order valence-electron chi connectivity index (χ1n) is 7.89. The number of likely N-dealkylation sites (N-methyl/N-ethyl adjacent to an activating group) is 1. The lowest BCUT2D eigenvalue weighted by Gasteiger charge is -2.24. The summed E-state index contributed by atoms with van der Waals surface area (Å²) in [5.74, 6) is 0.293. The van der Waals surface area contributed by atoms with Gasteiger partial charge in [-0.25, -0.2) is 4.79 Å². The molecule has 0 aliphatic heterocycles. The molecule has 118 valence electrons. The standard InChI is InChI=1S/C15H31N3O2/c1-12(10-13(2)19)11-17-15(20)16-8-9-18(3)14-6-4-5-7-14/h12-14,19H,4-11H2,1-3H3,(H2,16,17,20). The van der Waals surface area contributed by atoms with Crippen molar-refractivity contribution in [3.63, 3.8) is 0 Å². The van der Waals surface area contributed by atoms with E-state index in [0.717, 1.165) is 6.54 Å². The Balaban J connectivity index is 2.04. The predicted octanol–water partition coefficient (Wildman–Crippen LogP) is 1.57. The lowest BCUT2D eigenvalue weighted by molar-refractivity contribution is 0.163. The molecule has 0 aromatic rings. The van der Waals surface area contributed by atoms with Crippen molar-refractivity contribution in [3.05, 3.63) is 0 Å². The SMILES string of the molecule is CC(O)CC(C)CNC(=O)NCCN(C)C1CCCC1. The Kier molecular flexibility index (Phi) is 7.92. The van der Waals surface area contributed by atoms with Gasteiger partial charge in [0.25, 0.3) is 0 Å². The zero-order valence-corrected chi connectivity index (χ0v) is 13.2. The lowest BCUT2D eigenvalue weighted by atomic mass is 10.1. The van der Waals surface area contributed by atoms with Crippen LogP contribution in [0.2, 0.25) is 0 Å². The molecule has 0 bridgehead atoms. The van der Waals surface area contributed by atoms with Gasteiger partial charge < -0.3 is 20.6 Å². The average Bonchev–Trinajstić information content (AvgIpc) is 2.89. The van der Waals surface area contributed by atoms with Gasteiger partial charge in [-0.05, 0) is 39.2 Å². The molecule has 1 rings (SSSR count). The summed E-state index contributed by atoms with van der Waals surface area (Å²) in [5, 5.41) is 15.0. The van der Waals surface area contributed by atoms with Crippen molar-refractivity contribution in [3.8, 4) is 0 Å². The zero-order chi connectivity index (χ0) is 15.0. The molecule has 5 nitrogen and oxygen atoms in total. The normalized spacial score (nSPS) is 19.1. The molecule has 1 fully saturated rings. The van der Waals surface area contributed by atoms with Crippen molar-refractivity contribution in [2.75, 3.05) is 26.7 Å². The molecule has 0 saturated heterocycles. The van der Waals surface area contributed by atoms with E-state index in [1.807, 2.05) is 6.92 Å². The Bertz CT molecular complexity index is 278. The van der Waals surface area contributed by atoms with Crippen LogP contribution in [-0.4, -0.2) is 54.9 Å². The highest BCUT2D eigenvalue weighted by molar-refractivity contribution is 5.73. The third-order valence-corrected chi connectivity index (χ3v) is 4.05. The van der Waals surface area contributed by atoms with Crippen molar-refractivity contribution < 1.29 is 9.90 Å². The number of rotatable bonds is 8. The fraction of sp³-hybridized carbons (Fsp3) is 0.933. The van der Waals surface area contributed by atoms with Gasteiger partial charge in [0.2, 0.25) is 0 Å². The summed E-state index contributed by atoms with van der Waals surface area (Å²) in [6, 6.07) is 0.591. The third kappa shape index (κ3) is 7.10. The molecule has 0 aromatic heterocycles. The molecule has 0 radical (unpaired) electrons. The van der Waals surface area contributed by atoms with Crippen LogP contribution in [0.4, 0.5) is 4.79 Å². The minimum absolute atomic E-state index is 0.109. The second-order valence-electron chi connectivity index (χ2n) is 6.25. The summed E-state index contributed by atoms with van der Waals surface area (Å²) >= 11 is 0. The fourth-order valence-corrected chi connectivity index (χ4v) is 2.87. The number of aliphatic hydroxyl groups is 1. The average molecular weight is 285 g/mol. The molecule has 0 aromatic carbocycles. The number of aliphatic hydroxyl groups excluding tert-OH is 1. The Morgan fingerprint density at radius 1 is 1.30 bits per heavy atom. The van der Waals surface area contributed by atoms with Crippen LogP contribution in [0.15, 0.2) is 0 Å². The van der Waals surface area contributed by atoms with E-state index in [0.29, 0.717) is 31.5 Å². The van der Waals surface area contributed by atoms with Crippen LogP contribution in [0.3, 0.4) is 0 Å². The maximum atomic E-state index is 11.6. The summed E-state index contributed by atoms with van der Waals surface area (Å²) in [6.07, 6.45) is 5.66. The molecule has 20 heavy (non-hydrogen) atoms. The Morgan fingerprint density at radius 3 is 2.55 bits per heavy atom. The molecule has 5 heteroatoms. The summed E-state index contributed by atoms with van der Waals surface area (Å²) in [7, 11) is 2.14. The molecule has 0 spiro atoms. The number of urea groups is 1. The number of carbonyl (C=O) groups is 1. The molecule has 1 aliphatic carbocycles. The molecule has 1 saturated carbocycles. The van der Waals surface area contributed by atoms with Crippen molar-refractivity contribution in [2.45, 2.75) is 58.1 Å². The van der Waals surface area contributed by atoms with Gasteiger partial charge >= 0.3 is 6.03 Å². The largest absolute Gasteiger partial charge is 0.393 e. The van der Waals surface area contributed by atoms with Gasteiger partial charge in [0, 0.05) is 25.7 Å². The van der Waals surface area contributed by atoms with Gasteiger partial charge in [0.15, 0.2) is 0 Å². The van der Waals surface area contributed by atoms with Crippen molar-refractivity contribution in [2.24, 2.45) is 5.92 Å². The van der Waals surface area contributed by atoms with Crippen LogP contribution in [0.1, 0.15) is 46.0 Å². The highest BCUT2D eigenvalue weighted by atomic mass is 16.3. The molecule has 0 heterocycles. The van der Waals surface area contributed by atoms with Crippen LogP contribution in [0, 0.1) is 5.92 Å². The zero-order valence-electron chi connectivity index (χ0n) is 13.2. The molecule has 3 N–H and O–H groups in total. The second kappa shape index (κ2) is 9.19. The number of hydrogen-bond acceptors (Lipinski definition) is 3. The maximum absolute atomic E-state index is 11.6. The van der Waals surface area contributed by atoms with Crippen LogP contribution >= 0.6 is 0 Å². The van der Waals surface area contributed by atoms with Gasteiger partial charge in [-0.15, -0.1) is 0 Å². The van der Waals surface area contributed by atoms with E-state index < -0.39 is 0 Å². The van der Waals surface area contributed by atoms with E-state index in [-0.39, 0.29) is 12.1 Å². The summed E-state index contributed by atoms with van der Waals surface area (Å²) < 4.78 is 0. The van der Waals surface area contributed by atoms with Crippen molar-refractivity contribution >= 4 is 6.03 Å². The number of nitrogens with one attached hydrogen (secondary N) is 2. The number of nitrogens with zero attached hydrogens (tertiary/aromatic N) is 1. The molecular weight excluding hydrogens is 254 g/mol. The topological polar surface area (TPSA) is 64.6 Å². The Hall–Kier alpha value is -0.810. The molecular formula is C15H31N3O2. The smallest absolute Gasteiger partial charge is 0.314 e. The lowest BCUT2D eigenvalue weighted by Crippen LogP contribution is -2.42. The summed E-state index contributed by atoms with van der Waals surface area (Å²) in [6.45, 7) is 6.00. The quantitative estimate of drug-likeness (QED) is 0.634. The van der Waals surface area contributed by atoms with E-state index in [4.69, 9.17) is 0 Å². The Labute approximate surface area is 123 Å². The summed E-state index contributed by atoms with van der Waals surface area (Å²) in [4.78, 5) is 14.0. The Morgan fingerprint density at radius 2 is 1.95 bits per heavy atom. The van der Waals surface area contributed by atoms with Crippen LogP contribution in [-0.2, 0) is 0 Å². The third-order valence-electron chi connectivity index (χ3n) is 4.05. The van der Waals surface area contributed by atoms with Crippen LogP contribution in [0.25, 0.3) is 0 Å². The number of carbonyl (C=O) groups excluding carboxylic acids is 1. The first-order chi connectivity index (χ1) is 9.49. The number of amides is 2. The molecule has 2 atom stereocenters. The predicted molar refractivity (Wildman–Crippen MR) is 81.7 cm³/mol. The minimum atomic E-state index is -0.310. The van der Waals surface area contributed by atoms with Crippen molar-refractivity contribution in [1.82, 2.24) is 15.5 Å². The van der Waals surface area contributed by atoms with Crippen LogP contribution in [0.5, 0.6) is 0 Å². The van der Waals surface area contributed by atoms with Gasteiger partial charge in [0.1, 0.15) is 0 Å². The van der Waals surface area contributed by atoms with Gasteiger partial charge in [-0.1, -0.05) is 19.8 Å². The highest BCUT2D eigenvalue weighted by Crippen LogP contribution is 2.21. The minimum Gasteiger partial charge on any atom is -0.393 e. The molecule has 2 unspecified atom stereocenters. The molecule has 1 aliphatic rings. The van der Waals surface area contributed by atoms with Gasteiger partial charge in [-0.2, -0.15) is 0 Å². The first kappa shape index (κ1) is 17.2. The van der Waals surface area contributed by atoms with E-state index in [9.17, 15) is 9.90 Å². The van der Waals surface area contributed by atoms with E-state index >= 15 is 0 Å². The first-order valence-corrected chi connectivity index (χ1v) is 7.89. The van der Waals surface area contributed by atoms with E-state index in [2.05, 4.69) is 22.6 Å². The van der Waals surface area contributed by atoms with Crippen molar-refractivity contribution in [1.29, 1.82) is 0 Å². The second-order valence-corrected chi connectivity index (χ2v) is 6.25. The molecule has 2 amide bonds. The number of hydrogen-bond donors (Lipinski definition) is 3. The fourth-order valence-electron chi connectivity index (χ4n) is 2.87. The van der Waals surface area contributed by atoms with Gasteiger partial charge in [-0.3, -0.25) is 0 Å². The maximum Gasteiger partial charge on any atom is 0.314 e. The van der Waals surface area contributed by atoms with E-state index in [1.165, 1.54) is 25.7 Å². The highest BCUT2D eigenvalue weighted by Gasteiger charge is 2.18. The van der Waals surface area contributed by atoms with Gasteiger partial charge in [0.05, 0.1) is 6.10 Å². The summed E-state index contributed by atoms with van der Waals surface area (Å²) in [5.41, 5.74) is 0. The van der Waals surface area contributed by atoms with Crippen LogP contribution < -0.4 is 10.6 Å².